The summed E-state index contributed by atoms with van der Waals surface area (Å²) in [6, 6.07) is 3.87. The first-order valence-electron chi connectivity index (χ1n) is 5.77. The molecule has 0 radical (unpaired) electrons. The number of hydroxylamine groups is 1. The van der Waals surface area contributed by atoms with Crippen molar-refractivity contribution in [2.75, 3.05) is 6.54 Å². The molecule has 4 nitrogen and oxygen atoms in total. The third-order valence-corrected chi connectivity index (χ3v) is 3.62. The summed E-state index contributed by atoms with van der Waals surface area (Å²) in [6.45, 7) is 0.526. The summed E-state index contributed by atoms with van der Waals surface area (Å²) >= 11 is 5.16. The van der Waals surface area contributed by atoms with Crippen LogP contribution in [0.15, 0.2) is 24.3 Å². The molecular weight excluding hydrogens is 293 g/mol. The number of amides is 1. The van der Waals surface area contributed by atoms with E-state index < -0.39 is 23.7 Å². The SMILES string of the molecule is O=C(NO)C1CCN1C(=S)c1ccc(C(F)(F)F)cc1. The van der Waals surface area contributed by atoms with Crippen molar-refractivity contribution in [2.45, 2.75) is 18.6 Å². The van der Waals surface area contributed by atoms with Crippen molar-refractivity contribution >= 4 is 23.1 Å². The first kappa shape index (κ1) is 14.7. The normalized spacial score (nSPS) is 18.4. The van der Waals surface area contributed by atoms with Gasteiger partial charge in [0.2, 0.25) is 0 Å². The number of halogens is 3. The van der Waals surface area contributed by atoms with Crippen LogP contribution in [0.4, 0.5) is 13.2 Å². The Kier molecular flexibility index (Phi) is 3.96. The van der Waals surface area contributed by atoms with E-state index in [1.807, 2.05) is 0 Å². The topological polar surface area (TPSA) is 52.6 Å². The van der Waals surface area contributed by atoms with Gasteiger partial charge in [-0.3, -0.25) is 10.0 Å². The average molecular weight is 304 g/mol. The van der Waals surface area contributed by atoms with E-state index in [-0.39, 0.29) is 0 Å². The van der Waals surface area contributed by atoms with Crippen LogP contribution in [0.5, 0.6) is 0 Å². The number of rotatable bonds is 2. The van der Waals surface area contributed by atoms with Gasteiger partial charge in [-0.1, -0.05) is 24.4 Å². The number of likely N-dealkylation sites (tertiary alicyclic amines) is 1. The van der Waals surface area contributed by atoms with Crippen LogP contribution in [0.3, 0.4) is 0 Å². The van der Waals surface area contributed by atoms with Crippen molar-refractivity contribution in [1.82, 2.24) is 10.4 Å². The largest absolute Gasteiger partial charge is 0.416 e. The van der Waals surface area contributed by atoms with Crippen molar-refractivity contribution in [2.24, 2.45) is 0 Å². The molecule has 20 heavy (non-hydrogen) atoms. The zero-order valence-corrected chi connectivity index (χ0v) is 11.0. The number of carbonyl (C=O) groups excluding carboxylic acids is 1. The van der Waals surface area contributed by atoms with Gasteiger partial charge in [-0.2, -0.15) is 13.2 Å². The fourth-order valence-electron chi connectivity index (χ4n) is 1.95. The molecular formula is C12H11F3N2O2S. The van der Waals surface area contributed by atoms with E-state index in [1.54, 1.807) is 10.4 Å². The Labute approximate surface area is 118 Å². The van der Waals surface area contributed by atoms with Gasteiger partial charge >= 0.3 is 6.18 Å². The van der Waals surface area contributed by atoms with Crippen molar-refractivity contribution in [3.05, 3.63) is 35.4 Å². The zero-order valence-electron chi connectivity index (χ0n) is 10.1. The lowest BCUT2D eigenvalue weighted by Crippen LogP contribution is -2.57. The van der Waals surface area contributed by atoms with Gasteiger partial charge in [-0.25, -0.2) is 5.48 Å². The fourth-order valence-corrected chi connectivity index (χ4v) is 2.30. The quantitative estimate of drug-likeness (QED) is 0.498. The standard InChI is InChI=1S/C12H11F3N2O2S/c13-12(14,15)8-3-1-7(2-4-8)11(20)17-6-5-9(17)10(18)16-19/h1-4,9,19H,5-6H2,(H,16,18). The van der Waals surface area contributed by atoms with E-state index in [9.17, 15) is 18.0 Å². The van der Waals surface area contributed by atoms with E-state index in [2.05, 4.69) is 0 Å². The molecule has 0 spiro atoms. The molecule has 0 saturated carbocycles. The zero-order chi connectivity index (χ0) is 14.9. The molecule has 1 saturated heterocycles. The predicted octanol–water partition coefficient (Wildman–Crippen LogP) is 1.96. The molecule has 2 N–H and O–H groups in total. The molecule has 8 heteroatoms. The third kappa shape index (κ3) is 2.75. The van der Waals surface area contributed by atoms with E-state index >= 15 is 0 Å². The Hall–Kier alpha value is -1.67. The number of alkyl halides is 3. The van der Waals surface area contributed by atoms with Crippen molar-refractivity contribution in [3.8, 4) is 0 Å². The molecule has 1 aliphatic heterocycles. The molecule has 108 valence electrons. The van der Waals surface area contributed by atoms with Crippen LogP contribution in [-0.2, 0) is 11.0 Å². The highest BCUT2D eigenvalue weighted by molar-refractivity contribution is 7.80. The lowest BCUT2D eigenvalue weighted by atomic mass is 10.0. The molecule has 1 atom stereocenters. The monoisotopic (exact) mass is 304 g/mol. The van der Waals surface area contributed by atoms with Gasteiger partial charge in [-0.15, -0.1) is 0 Å². The van der Waals surface area contributed by atoms with Crippen LogP contribution in [0.2, 0.25) is 0 Å². The van der Waals surface area contributed by atoms with E-state index in [0.29, 0.717) is 23.5 Å². The molecule has 1 aromatic carbocycles. The van der Waals surface area contributed by atoms with E-state index in [1.165, 1.54) is 12.1 Å². The number of nitrogens with zero attached hydrogens (tertiary/aromatic N) is 1. The number of thiocarbonyl (C=S) groups is 1. The summed E-state index contributed by atoms with van der Waals surface area (Å²) in [4.78, 5) is 13.2. The van der Waals surface area contributed by atoms with E-state index in [4.69, 9.17) is 17.4 Å². The smallest absolute Gasteiger partial charge is 0.350 e. The summed E-state index contributed by atoms with van der Waals surface area (Å²) in [5.74, 6) is -0.578. The highest BCUT2D eigenvalue weighted by Crippen LogP contribution is 2.30. The summed E-state index contributed by atoms with van der Waals surface area (Å²) in [7, 11) is 0. The number of nitrogens with one attached hydrogen (secondary N) is 1. The second kappa shape index (κ2) is 5.37. The summed E-state index contributed by atoms with van der Waals surface area (Å²) < 4.78 is 37.3. The van der Waals surface area contributed by atoms with E-state index in [0.717, 1.165) is 12.1 Å². The Balaban J connectivity index is 2.12. The van der Waals surface area contributed by atoms with Gasteiger partial charge in [0, 0.05) is 12.1 Å². The van der Waals surface area contributed by atoms with Crippen LogP contribution in [0.25, 0.3) is 0 Å². The maximum atomic E-state index is 12.4. The van der Waals surface area contributed by atoms with Gasteiger partial charge in [0.05, 0.1) is 5.56 Å². The highest BCUT2D eigenvalue weighted by Gasteiger charge is 2.36. The number of carbonyl (C=O) groups is 1. The van der Waals surface area contributed by atoms with Gasteiger partial charge in [0.25, 0.3) is 5.91 Å². The maximum absolute atomic E-state index is 12.4. The molecule has 1 amide bonds. The molecule has 0 bridgehead atoms. The molecule has 1 aromatic rings. The van der Waals surface area contributed by atoms with Crippen LogP contribution in [0, 0.1) is 0 Å². The average Bonchev–Trinajstić information content (AvgIpc) is 2.36. The van der Waals surface area contributed by atoms with Crippen LogP contribution in [-0.4, -0.2) is 33.6 Å². The highest BCUT2D eigenvalue weighted by atomic mass is 32.1. The van der Waals surface area contributed by atoms with Gasteiger partial charge in [0.15, 0.2) is 0 Å². The molecule has 1 aliphatic rings. The van der Waals surface area contributed by atoms with Crippen LogP contribution < -0.4 is 5.48 Å². The number of benzene rings is 1. The number of hydrogen-bond acceptors (Lipinski definition) is 3. The summed E-state index contributed by atoms with van der Waals surface area (Å²) in [6.07, 6.45) is -3.86. The van der Waals surface area contributed by atoms with Crippen LogP contribution in [0.1, 0.15) is 17.5 Å². The molecule has 1 heterocycles. The van der Waals surface area contributed by atoms with Crippen molar-refractivity contribution in [1.29, 1.82) is 0 Å². The molecule has 1 fully saturated rings. The lowest BCUT2D eigenvalue weighted by molar-refractivity contribution is -0.137. The summed E-state index contributed by atoms with van der Waals surface area (Å²) in [5, 5.41) is 8.57. The van der Waals surface area contributed by atoms with Gasteiger partial charge in [-0.05, 0) is 18.6 Å². The minimum Gasteiger partial charge on any atom is -0.350 e. The second-order valence-corrected chi connectivity index (χ2v) is 4.74. The predicted molar refractivity (Wildman–Crippen MR) is 68.2 cm³/mol. The molecule has 0 aromatic heterocycles. The van der Waals surface area contributed by atoms with Crippen LogP contribution >= 0.6 is 12.2 Å². The van der Waals surface area contributed by atoms with Gasteiger partial charge < -0.3 is 4.90 Å². The Morgan fingerprint density at radius 1 is 1.35 bits per heavy atom. The Morgan fingerprint density at radius 3 is 2.35 bits per heavy atom. The first-order valence-corrected chi connectivity index (χ1v) is 6.17. The van der Waals surface area contributed by atoms with Crippen molar-refractivity contribution < 1.29 is 23.2 Å². The first-order chi connectivity index (χ1) is 9.34. The minimum atomic E-state index is -4.39. The third-order valence-electron chi connectivity index (χ3n) is 3.15. The Morgan fingerprint density at radius 2 is 1.95 bits per heavy atom. The number of hydrogen-bond donors (Lipinski definition) is 2. The molecule has 0 aliphatic carbocycles. The maximum Gasteiger partial charge on any atom is 0.416 e. The lowest BCUT2D eigenvalue weighted by Gasteiger charge is -2.41. The molecule has 1 unspecified atom stereocenters. The minimum absolute atomic E-state index is 0.290. The van der Waals surface area contributed by atoms with Gasteiger partial charge in [0.1, 0.15) is 11.0 Å². The molecule has 2 rings (SSSR count). The fraction of sp³-hybridized carbons (Fsp3) is 0.333. The second-order valence-electron chi connectivity index (χ2n) is 4.35. The summed E-state index contributed by atoms with van der Waals surface area (Å²) in [5.41, 5.74) is 1.22. The van der Waals surface area contributed by atoms with Crippen molar-refractivity contribution in [3.63, 3.8) is 0 Å². The Bertz CT molecular complexity index is 530.